The summed E-state index contributed by atoms with van der Waals surface area (Å²) in [4.78, 5) is 13.3. The lowest BCUT2D eigenvalue weighted by atomic mass is 10.1. The van der Waals surface area contributed by atoms with Crippen molar-refractivity contribution < 1.29 is 0 Å². The van der Waals surface area contributed by atoms with Gasteiger partial charge in [0.05, 0.1) is 5.69 Å². The molecular weight excluding hydrogens is 348 g/mol. The molecule has 0 amide bonds. The van der Waals surface area contributed by atoms with Gasteiger partial charge >= 0.3 is 0 Å². The van der Waals surface area contributed by atoms with Crippen LogP contribution in [0, 0.1) is 0 Å². The first-order valence-corrected chi connectivity index (χ1v) is 9.90. The van der Waals surface area contributed by atoms with Gasteiger partial charge in [-0.15, -0.1) is 0 Å². The molecular formula is C22H34N6. The maximum atomic E-state index is 5.87. The molecule has 0 aliphatic rings. The van der Waals surface area contributed by atoms with E-state index in [1.807, 2.05) is 13.1 Å². The second-order valence-corrected chi connectivity index (χ2v) is 7.27. The highest BCUT2D eigenvalue weighted by molar-refractivity contribution is 5.68. The van der Waals surface area contributed by atoms with Gasteiger partial charge in [0.25, 0.3) is 0 Å². The number of aromatic nitrogens is 2. The lowest BCUT2D eigenvalue weighted by Gasteiger charge is -2.26. The van der Waals surface area contributed by atoms with Gasteiger partial charge in [0.1, 0.15) is 5.82 Å². The first-order chi connectivity index (χ1) is 13.4. The molecule has 28 heavy (non-hydrogen) atoms. The van der Waals surface area contributed by atoms with E-state index in [-0.39, 0.29) is 5.95 Å². The fourth-order valence-electron chi connectivity index (χ4n) is 3.00. The average molecular weight is 383 g/mol. The van der Waals surface area contributed by atoms with Crippen LogP contribution in [0.2, 0.25) is 0 Å². The minimum absolute atomic E-state index is 0.274. The maximum absolute atomic E-state index is 5.87. The van der Waals surface area contributed by atoms with Crippen molar-refractivity contribution >= 4 is 17.5 Å². The Morgan fingerprint density at radius 1 is 1.21 bits per heavy atom. The number of nitrogens with two attached hydrogens (primary N) is 1. The van der Waals surface area contributed by atoms with Gasteiger partial charge in [0.15, 0.2) is 0 Å². The summed E-state index contributed by atoms with van der Waals surface area (Å²) < 4.78 is 0. The van der Waals surface area contributed by atoms with Crippen molar-refractivity contribution in [2.75, 3.05) is 50.2 Å². The molecule has 1 unspecified atom stereocenters. The largest absolute Gasteiger partial charge is 0.373 e. The van der Waals surface area contributed by atoms with E-state index in [1.54, 1.807) is 0 Å². The zero-order valence-electron chi connectivity index (χ0n) is 17.8. The third-order valence-corrected chi connectivity index (χ3v) is 5.00. The Hall–Kier alpha value is -2.60. The minimum atomic E-state index is 0.274. The Labute approximate surface area is 169 Å². The summed E-state index contributed by atoms with van der Waals surface area (Å²) in [6.45, 7) is 6.24. The van der Waals surface area contributed by atoms with Crippen LogP contribution in [0.3, 0.4) is 0 Å². The Bertz CT molecular complexity index is 771. The van der Waals surface area contributed by atoms with Crippen molar-refractivity contribution in [2.45, 2.75) is 32.7 Å². The predicted octanol–water partition coefficient (Wildman–Crippen LogP) is 3.88. The molecule has 152 valence electrons. The van der Waals surface area contributed by atoms with Crippen molar-refractivity contribution in [3.63, 3.8) is 0 Å². The summed E-state index contributed by atoms with van der Waals surface area (Å²) in [6.07, 6.45) is 6.62. The third-order valence-electron chi connectivity index (χ3n) is 5.00. The van der Waals surface area contributed by atoms with E-state index in [1.165, 1.54) is 12.1 Å². The minimum Gasteiger partial charge on any atom is -0.373 e. The smallest absolute Gasteiger partial charge is 0.222 e. The molecule has 1 heterocycles. The zero-order valence-corrected chi connectivity index (χ0v) is 17.8. The maximum Gasteiger partial charge on any atom is 0.222 e. The average Bonchev–Trinajstić information content (AvgIpc) is 2.69. The van der Waals surface area contributed by atoms with Crippen LogP contribution >= 0.6 is 0 Å². The molecule has 1 aromatic heterocycles. The molecule has 0 radical (unpaired) electrons. The van der Waals surface area contributed by atoms with E-state index in [2.05, 4.69) is 89.4 Å². The van der Waals surface area contributed by atoms with E-state index in [4.69, 9.17) is 5.73 Å². The molecule has 0 saturated carbocycles. The van der Waals surface area contributed by atoms with Crippen molar-refractivity contribution in [3.05, 3.63) is 42.5 Å². The summed E-state index contributed by atoms with van der Waals surface area (Å²) in [5.74, 6) is 0.993. The molecule has 3 N–H and O–H groups in total. The van der Waals surface area contributed by atoms with Crippen molar-refractivity contribution in [1.29, 1.82) is 0 Å². The molecule has 6 heteroatoms. The van der Waals surface area contributed by atoms with E-state index < -0.39 is 0 Å². The standard InChI is InChI=1S/C22H34N6/c1-6-7-13-28(14-9-10-17(2)27(4)5)19-12-8-11-18(15-19)20-16-21(24-3)26-22(23)25-20/h6-8,11-12,15-17H,9-10,13-14H2,1-5H3,(H3,23,24,25,26). The van der Waals surface area contributed by atoms with Crippen LogP contribution < -0.4 is 16.0 Å². The number of nitrogen functional groups attached to an aromatic ring is 1. The normalized spacial score (nSPS) is 12.5. The van der Waals surface area contributed by atoms with Crippen LogP contribution in [-0.4, -0.2) is 55.1 Å². The summed E-state index contributed by atoms with van der Waals surface area (Å²) >= 11 is 0. The van der Waals surface area contributed by atoms with Crippen LogP contribution in [0.4, 0.5) is 17.5 Å². The van der Waals surface area contributed by atoms with Gasteiger partial charge in [-0.25, -0.2) is 4.98 Å². The second-order valence-electron chi connectivity index (χ2n) is 7.27. The first-order valence-electron chi connectivity index (χ1n) is 9.90. The number of allylic oxidation sites excluding steroid dienone is 1. The van der Waals surface area contributed by atoms with Crippen LogP contribution in [0.1, 0.15) is 26.7 Å². The zero-order chi connectivity index (χ0) is 20.5. The van der Waals surface area contributed by atoms with Gasteiger partial charge in [0, 0.05) is 43.5 Å². The summed E-state index contributed by atoms with van der Waals surface area (Å²) in [6, 6.07) is 11.0. The first kappa shape index (κ1) is 21.7. The molecule has 0 saturated heterocycles. The third kappa shape index (κ3) is 6.23. The Kier molecular flexibility index (Phi) is 8.26. The fraction of sp³-hybridized carbons (Fsp3) is 0.455. The second kappa shape index (κ2) is 10.7. The number of hydrogen-bond acceptors (Lipinski definition) is 6. The Morgan fingerprint density at radius 3 is 2.68 bits per heavy atom. The van der Waals surface area contributed by atoms with Crippen LogP contribution in [-0.2, 0) is 0 Å². The molecule has 0 aliphatic carbocycles. The quantitative estimate of drug-likeness (QED) is 0.608. The molecule has 1 aromatic carbocycles. The predicted molar refractivity (Wildman–Crippen MR) is 121 cm³/mol. The molecule has 0 aliphatic heterocycles. The molecule has 0 spiro atoms. The fourth-order valence-corrected chi connectivity index (χ4v) is 3.00. The van der Waals surface area contributed by atoms with Crippen LogP contribution in [0.25, 0.3) is 11.3 Å². The van der Waals surface area contributed by atoms with Crippen molar-refractivity contribution in [1.82, 2.24) is 14.9 Å². The van der Waals surface area contributed by atoms with E-state index in [0.717, 1.165) is 36.6 Å². The molecule has 0 fully saturated rings. The Morgan fingerprint density at radius 2 is 2.00 bits per heavy atom. The highest BCUT2D eigenvalue weighted by Gasteiger charge is 2.11. The SMILES string of the molecule is CC=CCN(CCCC(C)N(C)C)c1cccc(-c2cc(NC)nc(N)n2)c1. The van der Waals surface area contributed by atoms with Crippen molar-refractivity contribution in [3.8, 4) is 11.3 Å². The number of benzene rings is 1. The Balaban J connectivity index is 2.22. The molecule has 0 bridgehead atoms. The van der Waals surface area contributed by atoms with E-state index >= 15 is 0 Å². The molecule has 2 rings (SSSR count). The highest BCUT2D eigenvalue weighted by Crippen LogP contribution is 2.26. The monoisotopic (exact) mass is 382 g/mol. The van der Waals surface area contributed by atoms with Gasteiger partial charge in [-0.3, -0.25) is 0 Å². The number of hydrogen-bond donors (Lipinski definition) is 2. The van der Waals surface area contributed by atoms with Gasteiger partial charge in [-0.2, -0.15) is 4.98 Å². The van der Waals surface area contributed by atoms with Crippen molar-refractivity contribution in [2.24, 2.45) is 0 Å². The number of nitrogens with one attached hydrogen (secondary N) is 1. The van der Waals surface area contributed by atoms with Gasteiger partial charge in [0.2, 0.25) is 5.95 Å². The lowest BCUT2D eigenvalue weighted by Crippen LogP contribution is -2.28. The van der Waals surface area contributed by atoms with Gasteiger partial charge in [-0.05, 0) is 52.9 Å². The number of anilines is 3. The molecule has 2 aromatic rings. The van der Waals surface area contributed by atoms with E-state index in [9.17, 15) is 0 Å². The summed E-state index contributed by atoms with van der Waals surface area (Å²) in [7, 11) is 6.10. The topological polar surface area (TPSA) is 70.3 Å². The van der Waals surface area contributed by atoms with Gasteiger partial charge in [-0.1, -0.05) is 24.3 Å². The summed E-state index contributed by atoms with van der Waals surface area (Å²) in [5, 5.41) is 3.04. The number of rotatable bonds is 10. The molecule has 1 atom stereocenters. The van der Waals surface area contributed by atoms with Crippen LogP contribution in [0.5, 0.6) is 0 Å². The van der Waals surface area contributed by atoms with Crippen LogP contribution in [0.15, 0.2) is 42.5 Å². The molecule has 6 nitrogen and oxygen atoms in total. The van der Waals surface area contributed by atoms with Gasteiger partial charge < -0.3 is 20.9 Å². The lowest BCUT2D eigenvalue weighted by molar-refractivity contribution is 0.295. The highest BCUT2D eigenvalue weighted by atomic mass is 15.1. The van der Waals surface area contributed by atoms with E-state index in [0.29, 0.717) is 6.04 Å². The summed E-state index contributed by atoms with van der Waals surface area (Å²) in [5.41, 5.74) is 8.92. The number of nitrogens with zero attached hydrogens (tertiary/aromatic N) is 4.